The minimum atomic E-state index is 0.793. The van der Waals surface area contributed by atoms with Crippen LogP contribution in [0.5, 0.6) is 0 Å². The molecule has 5 nitrogen and oxygen atoms in total. The van der Waals surface area contributed by atoms with Crippen molar-refractivity contribution in [2.24, 2.45) is 4.99 Å². The lowest BCUT2D eigenvalue weighted by atomic mass is 9.85. The van der Waals surface area contributed by atoms with Gasteiger partial charge in [0.1, 0.15) is 0 Å². The number of rotatable bonds is 1. The Bertz CT molecular complexity index is 1220. The SMILES string of the molecule is C1=NCc2ccc(-c3nc4cnc5[nH]ncc5c4c4c3CCCC4)cc21. The van der Waals surface area contributed by atoms with Crippen LogP contribution in [0.1, 0.15) is 35.1 Å². The standard InChI is InChI=1S/C21H17N5/c1-2-4-16-15(3-1)19-17-10-24-26-21(17)23-11-18(19)25-20(16)12-5-6-13-8-22-9-14(13)7-12/h5-7,9-11H,1-4,8H2,(H,23,24,26). The van der Waals surface area contributed by atoms with Crippen LogP contribution in [-0.4, -0.2) is 26.4 Å². The smallest absolute Gasteiger partial charge is 0.155 e. The highest BCUT2D eigenvalue weighted by Crippen LogP contribution is 2.37. The number of nitrogens with one attached hydrogen (secondary N) is 1. The summed E-state index contributed by atoms with van der Waals surface area (Å²) >= 11 is 0. The normalized spacial score (nSPS) is 15.5. The summed E-state index contributed by atoms with van der Waals surface area (Å²) in [5.41, 5.74) is 9.44. The quantitative estimate of drug-likeness (QED) is 0.570. The monoisotopic (exact) mass is 339 g/mol. The van der Waals surface area contributed by atoms with E-state index in [1.807, 2.05) is 18.6 Å². The highest BCUT2D eigenvalue weighted by molar-refractivity contribution is 6.06. The van der Waals surface area contributed by atoms with Crippen LogP contribution in [-0.2, 0) is 19.4 Å². The van der Waals surface area contributed by atoms with E-state index in [-0.39, 0.29) is 0 Å². The van der Waals surface area contributed by atoms with Gasteiger partial charge in [0.15, 0.2) is 5.65 Å². The molecule has 1 aliphatic heterocycles. The summed E-state index contributed by atoms with van der Waals surface area (Å²) < 4.78 is 0. The van der Waals surface area contributed by atoms with E-state index in [0.717, 1.165) is 41.6 Å². The van der Waals surface area contributed by atoms with Gasteiger partial charge in [0, 0.05) is 22.6 Å². The van der Waals surface area contributed by atoms with E-state index in [2.05, 4.69) is 38.4 Å². The van der Waals surface area contributed by atoms with Gasteiger partial charge >= 0.3 is 0 Å². The van der Waals surface area contributed by atoms with Crippen molar-refractivity contribution >= 4 is 28.2 Å². The number of aromatic nitrogens is 4. The fraction of sp³-hybridized carbons (Fsp3) is 0.238. The maximum atomic E-state index is 5.07. The molecule has 26 heavy (non-hydrogen) atoms. The second kappa shape index (κ2) is 5.21. The first-order valence-corrected chi connectivity index (χ1v) is 9.15. The summed E-state index contributed by atoms with van der Waals surface area (Å²) in [7, 11) is 0. The summed E-state index contributed by atoms with van der Waals surface area (Å²) in [5, 5.41) is 9.49. The second-order valence-corrected chi connectivity index (χ2v) is 7.16. The van der Waals surface area contributed by atoms with Crippen LogP contribution in [0.3, 0.4) is 0 Å². The molecule has 4 heterocycles. The van der Waals surface area contributed by atoms with E-state index in [1.54, 1.807) is 0 Å². The van der Waals surface area contributed by atoms with Crippen molar-refractivity contribution in [2.45, 2.75) is 32.2 Å². The average molecular weight is 339 g/mol. The molecule has 4 aromatic rings. The van der Waals surface area contributed by atoms with Crippen LogP contribution < -0.4 is 0 Å². The Hall–Kier alpha value is -3.08. The number of pyridine rings is 2. The first-order chi connectivity index (χ1) is 12.9. The minimum absolute atomic E-state index is 0.793. The molecule has 0 bridgehead atoms. The van der Waals surface area contributed by atoms with Crippen molar-refractivity contribution in [3.8, 4) is 11.3 Å². The molecule has 1 aromatic carbocycles. The van der Waals surface area contributed by atoms with Gasteiger partial charge in [0.25, 0.3) is 0 Å². The van der Waals surface area contributed by atoms with Gasteiger partial charge in [-0.05, 0) is 54.0 Å². The molecule has 126 valence electrons. The molecule has 2 aliphatic rings. The number of hydrogen-bond donors (Lipinski definition) is 1. The van der Waals surface area contributed by atoms with E-state index in [4.69, 9.17) is 4.98 Å². The lowest BCUT2D eigenvalue weighted by molar-refractivity contribution is 0.689. The van der Waals surface area contributed by atoms with Gasteiger partial charge in [-0.2, -0.15) is 5.10 Å². The molecular weight excluding hydrogens is 322 g/mol. The molecule has 0 amide bonds. The number of benzene rings is 1. The predicted molar refractivity (Wildman–Crippen MR) is 103 cm³/mol. The number of fused-ring (bicyclic) bond motifs is 6. The molecule has 0 atom stereocenters. The predicted octanol–water partition coefficient (Wildman–Crippen LogP) is 3.98. The number of nitrogens with zero attached hydrogens (tertiary/aromatic N) is 4. The van der Waals surface area contributed by atoms with Crippen molar-refractivity contribution in [1.29, 1.82) is 0 Å². The third-order valence-corrected chi connectivity index (χ3v) is 5.66. The maximum absolute atomic E-state index is 5.07. The van der Waals surface area contributed by atoms with Gasteiger partial charge in [-0.3, -0.25) is 10.1 Å². The van der Waals surface area contributed by atoms with Gasteiger partial charge in [0.2, 0.25) is 0 Å². The van der Waals surface area contributed by atoms with Gasteiger partial charge in [-0.15, -0.1) is 0 Å². The zero-order valence-electron chi connectivity index (χ0n) is 14.3. The molecule has 3 aromatic heterocycles. The number of aryl methyl sites for hydroxylation is 1. The number of hydrogen-bond acceptors (Lipinski definition) is 4. The highest BCUT2D eigenvalue weighted by atomic mass is 15.1. The van der Waals surface area contributed by atoms with Crippen LogP contribution in [0, 0.1) is 0 Å². The van der Waals surface area contributed by atoms with E-state index < -0.39 is 0 Å². The number of H-pyrrole nitrogens is 1. The molecular formula is C21H17N5. The van der Waals surface area contributed by atoms with E-state index >= 15 is 0 Å². The Kier molecular flexibility index (Phi) is 2.83. The molecule has 0 saturated heterocycles. The lowest BCUT2D eigenvalue weighted by Gasteiger charge is -2.21. The Morgan fingerprint density at radius 2 is 1.92 bits per heavy atom. The molecule has 0 radical (unpaired) electrons. The third-order valence-electron chi connectivity index (χ3n) is 5.66. The summed E-state index contributed by atoms with van der Waals surface area (Å²) in [6.45, 7) is 0.793. The number of aromatic amines is 1. The third kappa shape index (κ3) is 1.91. The fourth-order valence-corrected chi connectivity index (χ4v) is 4.41. The fourth-order valence-electron chi connectivity index (χ4n) is 4.41. The van der Waals surface area contributed by atoms with E-state index in [1.165, 1.54) is 46.0 Å². The molecule has 0 unspecified atom stereocenters. The Morgan fingerprint density at radius 1 is 1.00 bits per heavy atom. The molecule has 0 spiro atoms. The molecule has 5 heteroatoms. The average Bonchev–Trinajstić information content (AvgIpc) is 3.35. The van der Waals surface area contributed by atoms with Gasteiger partial charge in [-0.25, -0.2) is 9.97 Å². The topological polar surface area (TPSA) is 66.8 Å². The first kappa shape index (κ1) is 14.1. The second-order valence-electron chi connectivity index (χ2n) is 7.16. The number of aliphatic imine (C=N–C) groups is 1. The zero-order valence-corrected chi connectivity index (χ0v) is 14.3. The van der Waals surface area contributed by atoms with Crippen LogP contribution in [0.2, 0.25) is 0 Å². The van der Waals surface area contributed by atoms with Gasteiger partial charge < -0.3 is 0 Å². The Morgan fingerprint density at radius 3 is 2.88 bits per heavy atom. The van der Waals surface area contributed by atoms with Crippen LogP contribution in [0.15, 0.2) is 35.6 Å². The van der Waals surface area contributed by atoms with E-state index in [0.29, 0.717) is 0 Å². The molecule has 1 aliphatic carbocycles. The van der Waals surface area contributed by atoms with Crippen LogP contribution >= 0.6 is 0 Å². The lowest BCUT2D eigenvalue weighted by Crippen LogP contribution is -2.08. The maximum Gasteiger partial charge on any atom is 0.155 e. The molecule has 0 fully saturated rings. The molecule has 0 saturated carbocycles. The molecule has 6 rings (SSSR count). The zero-order chi connectivity index (χ0) is 17.1. The van der Waals surface area contributed by atoms with Crippen molar-refractivity contribution in [2.75, 3.05) is 0 Å². The first-order valence-electron chi connectivity index (χ1n) is 9.15. The van der Waals surface area contributed by atoms with Gasteiger partial charge in [-0.1, -0.05) is 12.1 Å². The summed E-state index contributed by atoms with van der Waals surface area (Å²) in [4.78, 5) is 14.0. The van der Waals surface area contributed by atoms with Crippen molar-refractivity contribution in [3.05, 3.63) is 52.8 Å². The Balaban J connectivity index is 1.69. The van der Waals surface area contributed by atoms with E-state index in [9.17, 15) is 0 Å². The summed E-state index contributed by atoms with van der Waals surface area (Å²) in [5.74, 6) is 0. The largest absolute Gasteiger partial charge is 0.288 e. The van der Waals surface area contributed by atoms with Crippen molar-refractivity contribution < 1.29 is 0 Å². The minimum Gasteiger partial charge on any atom is -0.288 e. The van der Waals surface area contributed by atoms with Gasteiger partial charge in [0.05, 0.1) is 30.1 Å². The van der Waals surface area contributed by atoms with Crippen molar-refractivity contribution in [1.82, 2.24) is 20.2 Å². The van der Waals surface area contributed by atoms with Crippen molar-refractivity contribution in [3.63, 3.8) is 0 Å². The van der Waals surface area contributed by atoms with Crippen LogP contribution in [0.4, 0.5) is 0 Å². The highest BCUT2D eigenvalue weighted by Gasteiger charge is 2.22. The molecule has 1 N–H and O–H groups in total. The summed E-state index contributed by atoms with van der Waals surface area (Å²) in [6.07, 6.45) is 10.4. The summed E-state index contributed by atoms with van der Waals surface area (Å²) in [6, 6.07) is 6.62. The Labute approximate surface area is 150 Å². The van der Waals surface area contributed by atoms with Crippen LogP contribution in [0.25, 0.3) is 33.2 Å².